The number of hydrogen-bond acceptors (Lipinski definition) is 1. The van der Waals surface area contributed by atoms with Gasteiger partial charge in [-0.05, 0) is 32.2 Å². The Morgan fingerprint density at radius 3 is 2.43 bits per heavy atom. The van der Waals surface area contributed by atoms with Crippen molar-refractivity contribution in [1.82, 2.24) is 4.90 Å². The third kappa shape index (κ3) is 2.20. The quantitative estimate of drug-likeness (QED) is 0.579. The Labute approximate surface area is 89.2 Å². The van der Waals surface area contributed by atoms with E-state index >= 15 is 0 Å². The van der Waals surface area contributed by atoms with E-state index in [1.807, 2.05) is 13.8 Å². The topological polar surface area (TPSA) is 3.24 Å². The Morgan fingerprint density at radius 1 is 1.21 bits per heavy atom. The van der Waals surface area contributed by atoms with Gasteiger partial charge in [-0.25, -0.2) is 0 Å². The Kier molecular flexibility index (Phi) is 4.67. The predicted molar refractivity (Wildman–Crippen MR) is 63.5 cm³/mol. The summed E-state index contributed by atoms with van der Waals surface area (Å²) in [6.45, 7) is 7.91. The normalized spacial score (nSPS) is 36.9. The molecule has 82 valence electrons. The molecule has 1 saturated carbocycles. The van der Waals surface area contributed by atoms with Crippen molar-refractivity contribution < 1.29 is 0 Å². The van der Waals surface area contributed by atoms with Gasteiger partial charge in [0.05, 0.1) is 0 Å². The molecule has 1 aliphatic carbocycles. The van der Waals surface area contributed by atoms with Gasteiger partial charge in [0.2, 0.25) is 0 Å². The largest absolute Gasteiger partial charge is 0.297 e. The molecule has 0 aromatic rings. The molecule has 3 unspecified atom stereocenters. The van der Waals surface area contributed by atoms with Gasteiger partial charge in [0.25, 0.3) is 0 Å². The predicted octanol–water partition coefficient (Wildman–Crippen LogP) is 3.46. The Hall–Kier alpha value is -0.300. The highest BCUT2D eigenvalue weighted by Crippen LogP contribution is 2.38. The van der Waals surface area contributed by atoms with Crippen LogP contribution in [0.4, 0.5) is 0 Å². The molecule has 0 N–H and O–H groups in total. The van der Waals surface area contributed by atoms with E-state index in [4.69, 9.17) is 0 Å². The minimum Gasteiger partial charge on any atom is -0.297 e. The van der Waals surface area contributed by atoms with Gasteiger partial charge in [-0.3, -0.25) is 4.90 Å². The third-order valence-corrected chi connectivity index (χ3v) is 3.73. The van der Waals surface area contributed by atoms with Crippen LogP contribution in [0.3, 0.4) is 0 Å². The number of likely N-dealkylation sites (tertiary alicyclic amines) is 1. The molecule has 0 bridgehead atoms. The third-order valence-electron chi connectivity index (χ3n) is 3.73. The van der Waals surface area contributed by atoms with Gasteiger partial charge in [0.1, 0.15) is 0 Å². The highest BCUT2D eigenvalue weighted by atomic mass is 15.2. The zero-order valence-corrected chi connectivity index (χ0v) is 10.00. The average molecular weight is 195 g/mol. The first-order chi connectivity index (χ1) is 6.83. The molecule has 1 heterocycles. The van der Waals surface area contributed by atoms with Crippen molar-refractivity contribution in [2.75, 3.05) is 7.05 Å². The van der Waals surface area contributed by atoms with Gasteiger partial charge >= 0.3 is 0 Å². The van der Waals surface area contributed by atoms with Gasteiger partial charge in [-0.15, -0.1) is 6.58 Å². The van der Waals surface area contributed by atoms with Crippen LogP contribution < -0.4 is 0 Å². The number of likely N-dealkylation sites (N-methyl/N-ethyl adjacent to an activating group) is 1. The van der Waals surface area contributed by atoms with Crippen LogP contribution in [0.15, 0.2) is 12.7 Å². The summed E-state index contributed by atoms with van der Waals surface area (Å²) in [7, 11) is 2.27. The molecule has 14 heavy (non-hydrogen) atoms. The van der Waals surface area contributed by atoms with E-state index in [2.05, 4.69) is 24.6 Å². The van der Waals surface area contributed by atoms with Gasteiger partial charge in [-0.1, -0.05) is 32.8 Å². The van der Waals surface area contributed by atoms with Crippen LogP contribution in [-0.2, 0) is 0 Å². The minimum atomic E-state index is 0.665. The highest BCUT2D eigenvalue weighted by Gasteiger charge is 2.38. The lowest BCUT2D eigenvalue weighted by Crippen LogP contribution is -2.34. The van der Waals surface area contributed by atoms with E-state index in [-0.39, 0.29) is 0 Å². The zero-order valence-electron chi connectivity index (χ0n) is 10.00. The number of nitrogens with zero attached hydrogens (tertiary/aromatic N) is 1. The fourth-order valence-electron chi connectivity index (χ4n) is 2.98. The first-order valence-corrected chi connectivity index (χ1v) is 6.17. The van der Waals surface area contributed by atoms with Crippen molar-refractivity contribution in [2.45, 2.75) is 58.0 Å². The van der Waals surface area contributed by atoms with E-state index in [1.165, 1.54) is 32.1 Å². The number of hydrogen-bond donors (Lipinski definition) is 0. The van der Waals surface area contributed by atoms with Crippen molar-refractivity contribution in [3.05, 3.63) is 12.7 Å². The molecule has 2 aliphatic rings. The highest BCUT2D eigenvalue weighted by molar-refractivity contribution is 5.00. The van der Waals surface area contributed by atoms with Gasteiger partial charge in [0, 0.05) is 12.1 Å². The average Bonchev–Trinajstić information content (AvgIpc) is 2.59. The van der Waals surface area contributed by atoms with Gasteiger partial charge in [0.15, 0.2) is 0 Å². The number of rotatable bonds is 1. The molecular formula is C13H25N. The van der Waals surface area contributed by atoms with Crippen molar-refractivity contribution in [3.63, 3.8) is 0 Å². The maximum Gasteiger partial charge on any atom is 0.0278 e. The van der Waals surface area contributed by atoms with E-state index in [0.29, 0.717) is 6.04 Å². The Bertz CT molecular complexity index is 176. The lowest BCUT2D eigenvalue weighted by atomic mass is 9.85. The van der Waals surface area contributed by atoms with Crippen molar-refractivity contribution in [3.8, 4) is 0 Å². The van der Waals surface area contributed by atoms with Crippen LogP contribution in [0.1, 0.15) is 46.0 Å². The second-order valence-electron chi connectivity index (χ2n) is 4.32. The number of fused-ring (bicyclic) bond motifs is 1. The Balaban J connectivity index is 0.000000461. The standard InChI is InChI=1S/C11H19N.C2H6/c1-3-10-8-9-6-4-5-7-11(9)12(10)2;1-2/h3,9-11H,1,4-8H2,2H3;1-2H3. The second-order valence-corrected chi connectivity index (χ2v) is 4.32. The van der Waals surface area contributed by atoms with Crippen LogP contribution in [-0.4, -0.2) is 24.0 Å². The van der Waals surface area contributed by atoms with E-state index in [1.54, 1.807) is 0 Å². The van der Waals surface area contributed by atoms with Crippen LogP contribution in [0.5, 0.6) is 0 Å². The molecule has 2 fully saturated rings. The van der Waals surface area contributed by atoms with Gasteiger partial charge < -0.3 is 0 Å². The summed E-state index contributed by atoms with van der Waals surface area (Å²) in [5, 5.41) is 0. The molecule has 0 amide bonds. The summed E-state index contributed by atoms with van der Waals surface area (Å²) in [6.07, 6.45) is 9.27. The van der Waals surface area contributed by atoms with Crippen LogP contribution in [0.2, 0.25) is 0 Å². The summed E-state index contributed by atoms with van der Waals surface area (Å²) < 4.78 is 0. The SMILES string of the molecule is C=CC1CC2CCCCC2N1C.CC. The summed E-state index contributed by atoms with van der Waals surface area (Å²) in [6, 6.07) is 1.54. The molecule has 0 aromatic heterocycles. The summed E-state index contributed by atoms with van der Waals surface area (Å²) in [4.78, 5) is 2.54. The first kappa shape index (κ1) is 11.8. The smallest absolute Gasteiger partial charge is 0.0278 e. The molecule has 0 radical (unpaired) electrons. The van der Waals surface area contributed by atoms with Crippen LogP contribution in [0, 0.1) is 5.92 Å². The Morgan fingerprint density at radius 2 is 1.86 bits per heavy atom. The molecule has 0 spiro atoms. The molecule has 1 nitrogen and oxygen atoms in total. The fourth-order valence-corrected chi connectivity index (χ4v) is 2.98. The van der Waals surface area contributed by atoms with Gasteiger partial charge in [-0.2, -0.15) is 0 Å². The molecule has 1 heteroatoms. The van der Waals surface area contributed by atoms with E-state index in [0.717, 1.165) is 12.0 Å². The maximum atomic E-state index is 3.91. The van der Waals surface area contributed by atoms with E-state index in [9.17, 15) is 0 Å². The minimum absolute atomic E-state index is 0.665. The summed E-state index contributed by atoms with van der Waals surface area (Å²) in [5.41, 5.74) is 0. The lowest BCUT2D eigenvalue weighted by molar-refractivity contribution is 0.200. The van der Waals surface area contributed by atoms with Crippen molar-refractivity contribution in [1.29, 1.82) is 0 Å². The van der Waals surface area contributed by atoms with Crippen LogP contribution >= 0.6 is 0 Å². The first-order valence-electron chi connectivity index (χ1n) is 6.17. The zero-order chi connectivity index (χ0) is 10.6. The van der Waals surface area contributed by atoms with Crippen LogP contribution in [0.25, 0.3) is 0 Å². The fraction of sp³-hybridized carbons (Fsp3) is 0.846. The molecule has 2 rings (SSSR count). The van der Waals surface area contributed by atoms with Crippen molar-refractivity contribution >= 4 is 0 Å². The molecule has 1 saturated heterocycles. The summed E-state index contributed by atoms with van der Waals surface area (Å²) in [5.74, 6) is 0.978. The molecule has 1 aliphatic heterocycles. The maximum absolute atomic E-state index is 3.91. The van der Waals surface area contributed by atoms with Crippen molar-refractivity contribution in [2.24, 2.45) is 5.92 Å². The molecule has 0 aromatic carbocycles. The second kappa shape index (κ2) is 5.55. The van der Waals surface area contributed by atoms with E-state index < -0.39 is 0 Å². The lowest BCUT2D eigenvalue weighted by Gasteiger charge is -2.30. The molecule has 3 atom stereocenters. The summed E-state index contributed by atoms with van der Waals surface area (Å²) >= 11 is 0. The monoisotopic (exact) mass is 195 g/mol. The molecular weight excluding hydrogens is 170 g/mol.